The van der Waals surface area contributed by atoms with Crippen LogP contribution in [0, 0.1) is 0 Å². The molecule has 6 rings (SSSR count). The summed E-state index contributed by atoms with van der Waals surface area (Å²) in [5.41, 5.74) is -0.766. The largest absolute Gasteiger partial charge is 0.508 e. The number of aromatic hydroxyl groups is 3. The highest BCUT2D eigenvalue weighted by Gasteiger charge is 2.49. The van der Waals surface area contributed by atoms with Gasteiger partial charge in [0.25, 0.3) is 0 Å². The third kappa shape index (κ3) is 7.82. The Labute approximate surface area is 304 Å². The maximum Gasteiger partial charge on any atom is 0.331 e. The normalized spacial score (nSPS) is 28.6. The first-order chi connectivity index (χ1) is 25.8. The van der Waals surface area contributed by atoms with Crippen molar-refractivity contribution in [2.24, 2.45) is 0 Å². The number of ether oxygens (including phenoxy) is 5. The van der Waals surface area contributed by atoms with Crippen LogP contribution >= 0.6 is 0 Å². The highest BCUT2D eigenvalue weighted by atomic mass is 16.7. The molecule has 10 atom stereocenters. The molecule has 2 fully saturated rings. The van der Waals surface area contributed by atoms with E-state index in [-0.39, 0.29) is 34.2 Å². The Morgan fingerprint density at radius 3 is 1.94 bits per heavy atom. The monoisotopic (exact) mass is 756 g/mol. The van der Waals surface area contributed by atoms with Crippen LogP contribution in [0.3, 0.4) is 0 Å². The van der Waals surface area contributed by atoms with Gasteiger partial charge in [0, 0.05) is 23.8 Å². The predicted molar refractivity (Wildman–Crippen MR) is 181 cm³/mol. The van der Waals surface area contributed by atoms with Gasteiger partial charge in [-0.05, 0) is 48.0 Å². The molecule has 288 valence electrons. The van der Waals surface area contributed by atoms with Crippen molar-refractivity contribution in [1.82, 2.24) is 0 Å². The summed E-state index contributed by atoms with van der Waals surface area (Å²) in [7, 11) is 0. The lowest BCUT2D eigenvalue weighted by Gasteiger charge is -2.41. The molecule has 10 N–H and O–H groups in total. The number of aliphatic hydroxyl groups is 7. The van der Waals surface area contributed by atoms with Gasteiger partial charge in [-0.1, -0.05) is 12.1 Å². The first kappa shape index (κ1) is 38.4. The second-order valence-corrected chi connectivity index (χ2v) is 12.4. The van der Waals surface area contributed by atoms with Crippen molar-refractivity contribution in [3.63, 3.8) is 0 Å². The van der Waals surface area contributed by atoms with Crippen LogP contribution in [0.25, 0.3) is 28.4 Å². The molecule has 18 heteroatoms. The van der Waals surface area contributed by atoms with Crippen LogP contribution in [0.4, 0.5) is 0 Å². The summed E-state index contributed by atoms with van der Waals surface area (Å²) < 4.78 is 34.0. The van der Waals surface area contributed by atoms with Crippen LogP contribution in [0.2, 0.25) is 0 Å². The zero-order valence-corrected chi connectivity index (χ0v) is 27.9. The number of hydrogen-bond acceptors (Lipinski definition) is 18. The van der Waals surface area contributed by atoms with Gasteiger partial charge in [-0.25, -0.2) is 4.79 Å². The number of fused-ring (bicyclic) bond motifs is 1. The Morgan fingerprint density at radius 2 is 1.31 bits per heavy atom. The van der Waals surface area contributed by atoms with E-state index in [1.807, 2.05) is 0 Å². The zero-order valence-electron chi connectivity index (χ0n) is 27.9. The van der Waals surface area contributed by atoms with Gasteiger partial charge in [0.15, 0.2) is 11.9 Å². The van der Waals surface area contributed by atoms with E-state index in [2.05, 4.69) is 0 Å². The molecule has 18 nitrogen and oxygen atoms in total. The van der Waals surface area contributed by atoms with Gasteiger partial charge in [0.05, 0.1) is 13.2 Å². The third-order valence-electron chi connectivity index (χ3n) is 8.75. The van der Waals surface area contributed by atoms with Crippen LogP contribution in [-0.4, -0.2) is 132 Å². The Bertz CT molecular complexity index is 2030. The minimum Gasteiger partial charge on any atom is -0.508 e. The van der Waals surface area contributed by atoms with E-state index in [1.54, 1.807) is 0 Å². The van der Waals surface area contributed by atoms with Crippen molar-refractivity contribution in [3.05, 3.63) is 82.5 Å². The smallest absolute Gasteiger partial charge is 0.331 e. The third-order valence-corrected chi connectivity index (χ3v) is 8.75. The molecule has 0 aliphatic carbocycles. The van der Waals surface area contributed by atoms with Gasteiger partial charge >= 0.3 is 5.97 Å². The molecule has 0 unspecified atom stereocenters. The number of esters is 1. The molecule has 1 aromatic heterocycles. The zero-order chi connectivity index (χ0) is 38.8. The number of carbonyl (C=O) groups is 1. The van der Waals surface area contributed by atoms with Gasteiger partial charge < -0.3 is 79.2 Å². The van der Waals surface area contributed by atoms with Gasteiger partial charge in [0.1, 0.15) is 76.7 Å². The molecule has 54 heavy (non-hydrogen) atoms. The lowest BCUT2D eigenvalue weighted by Crippen LogP contribution is -2.61. The van der Waals surface area contributed by atoms with Crippen molar-refractivity contribution >= 4 is 23.0 Å². The first-order valence-corrected chi connectivity index (χ1v) is 16.4. The standard InChI is InChI=1S/C36H36O18/c37-13-22-26(43)29(46)31(48)35(51-22)49-19-11-20(41)25-21(12-19)50-32(16-4-8-18(40)9-5-16)33(28(25)45)54-36-34(30(47)27(44)23(14-38)52-36)53-24(42)10-3-15-1-6-17(39)7-2-15/h1-12,22-23,26-27,29-31,34-41,43-44,46-48H,13-14H2/b10-3+/t22-,23-,26-,27+,29+,30+,31-,34-,35-,36+/m1/s1. The maximum atomic E-state index is 14.2. The average Bonchev–Trinajstić information content (AvgIpc) is 3.15. The van der Waals surface area contributed by atoms with E-state index in [0.717, 1.165) is 18.2 Å². The van der Waals surface area contributed by atoms with Crippen LogP contribution in [0.15, 0.2) is 76.0 Å². The average molecular weight is 757 g/mol. The fourth-order valence-corrected chi connectivity index (χ4v) is 5.85. The molecule has 0 spiro atoms. The molecule has 3 aromatic carbocycles. The summed E-state index contributed by atoms with van der Waals surface area (Å²) in [6, 6.07) is 13.0. The number of phenols is 3. The predicted octanol–water partition coefficient (Wildman–Crippen LogP) is -0.802. The number of hydrogen-bond donors (Lipinski definition) is 10. The lowest BCUT2D eigenvalue weighted by molar-refractivity contribution is -0.281. The first-order valence-electron chi connectivity index (χ1n) is 16.4. The lowest BCUT2D eigenvalue weighted by atomic mass is 9.99. The van der Waals surface area contributed by atoms with E-state index in [0.29, 0.717) is 5.56 Å². The summed E-state index contributed by atoms with van der Waals surface area (Å²) in [6.07, 6.45) is -14.8. The van der Waals surface area contributed by atoms with Crippen molar-refractivity contribution in [3.8, 4) is 40.1 Å². The van der Waals surface area contributed by atoms with E-state index in [4.69, 9.17) is 28.1 Å². The molecule has 0 saturated carbocycles. The molecule has 0 bridgehead atoms. The summed E-state index contributed by atoms with van der Waals surface area (Å²) >= 11 is 0. The van der Waals surface area contributed by atoms with Crippen LogP contribution in [0.1, 0.15) is 5.56 Å². The molecular formula is C36H36O18. The molecule has 2 saturated heterocycles. The van der Waals surface area contributed by atoms with E-state index in [9.17, 15) is 60.7 Å². The number of benzene rings is 3. The van der Waals surface area contributed by atoms with Crippen molar-refractivity contribution in [2.45, 2.75) is 61.4 Å². The number of rotatable bonds is 10. The van der Waals surface area contributed by atoms with E-state index < -0.39 is 103 Å². The number of phenolic OH excluding ortho intramolecular Hbond substituents is 3. The Hall–Kier alpha value is -5.28. The molecule has 0 amide bonds. The Morgan fingerprint density at radius 1 is 0.722 bits per heavy atom. The minimum atomic E-state index is -1.92. The van der Waals surface area contributed by atoms with Gasteiger partial charge in [-0.3, -0.25) is 4.79 Å². The number of aliphatic hydroxyl groups excluding tert-OH is 7. The second kappa shape index (κ2) is 16.0. The van der Waals surface area contributed by atoms with Crippen molar-refractivity contribution < 1.29 is 84.0 Å². The van der Waals surface area contributed by atoms with E-state index >= 15 is 0 Å². The second-order valence-electron chi connectivity index (χ2n) is 12.4. The molecular weight excluding hydrogens is 720 g/mol. The van der Waals surface area contributed by atoms with Gasteiger partial charge in [0.2, 0.25) is 23.8 Å². The van der Waals surface area contributed by atoms with Crippen LogP contribution in [-0.2, 0) is 19.0 Å². The highest BCUT2D eigenvalue weighted by Crippen LogP contribution is 2.39. The van der Waals surface area contributed by atoms with E-state index in [1.165, 1.54) is 54.6 Å². The topological polar surface area (TPSA) is 296 Å². The quantitative estimate of drug-likeness (QED) is 0.0700. The van der Waals surface area contributed by atoms with Crippen molar-refractivity contribution in [1.29, 1.82) is 0 Å². The Balaban J connectivity index is 1.38. The van der Waals surface area contributed by atoms with Crippen molar-refractivity contribution in [2.75, 3.05) is 13.2 Å². The molecule has 2 aliphatic rings. The summed E-state index contributed by atoms with van der Waals surface area (Å²) in [6.45, 7) is -1.58. The molecule has 2 aliphatic heterocycles. The number of carbonyl (C=O) groups excluding carboxylic acids is 1. The fraction of sp³-hybridized carbons (Fsp3) is 0.333. The fourth-order valence-electron chi connectivity index (χ4n) is 5.85. The summed E-state index contributed by atoms with van der Waals surface area (Å²) in [4.78, 5) is 27.1. The Kier molecular flexibility index (Phi) is 11.4. The van der Waals surface area contributed by atoms with Gasteiger partial charge in [-0.2, -0.15) is 0 Å². The SMILES string of the molecule is O=C(/C=C/c1ccc(O)cc1)O[C@H]1[C@H](Oc2c(-c3ccc(O)cc3)oc3cc(O[C@@H]4O[C@H](CO)[C@@H](O)[C@H](O)[C@H]4O)cc(O)c3c2=O)O[C@H](CO)[C@H](O)[C@@H]1O. The molecule has 4 aromatic rings. The summed E-state index contributed by atoms with van der Waals surface area (Å²) in [5.74, 6) is -3.25. The molecule has 3 heterocycles. The molecule has 0 radical (unpaired) electrons. The van der Waals surface area contributed by atoms with Gasteiger partial charge in [-0.15, -0.1) is 0 Å². The van der Waals surface area contributed by atoms with Crippen LogP contribution < -0.4 is 14.9 Å². The summed E-state index contributed by atoms with van der Waals surface area (Å²) in [5, 5.41) is 102. The maximum absolute atomic E-state index is 14.2. The van der Waals surface area contributed by atoms with Crippen LogP contribution in [0.5, 0.6) is 28.7 Å². The minimum absolute atomic E-state index is 0.00960. The highest BCUT2D eigenvalue weighted by molar-refractivity contribution is 5.89.